The number of hydrogen-bond acceptors (Lipinski definition) is 3. The Morgan fingerprint density at radius 1 is 1.27 bits per heavy atom. The summed E-state index contributed by atoms with van der Waals surface area (Å²) >= 11 is 0. The van der Waals surface area contributed by atoms with Crippen LogP contribution in [0.4, 0.5) is 5.69 Å². The molecule has 1 heterocycles. The number of likely N-dealkylation sites (tertiary alicyclic amines) is 1. The summed E-state index contributed by atoms with van der Waals surface area (Å²) in [6.45, 7) is 7.62. The second kappa shape index (κ2) is 8.03. The van der Waals surface area contributed by atoms with Crippen LogP contribution in [0.1, 0.15) is 26.7 Å². The van der Waals surface area contributed by atoms with Gasteiger partial charge >= 0.3 is 0 Å². The predicted molar refractivity (Wildman–Crippen MR) is 92.5 cm³/mol. The molecule has 1 fully saturated rings. The zero-order chi connectivity index (χ0) is 15.9. The van der Waals surface area contributed by atoms with Gasteiger partial charge in [-0.2, -0.15) is 0 Å². The van der Waals surface area contributed by atoms with Crippen LogP contribution in [-0.2, 0) is 0 Å². The molecule has 0 saturated carbocycles. The molecule has 0 bridgehead atoms. The van der Waals surface area contributed by atoms with Crippen molar-refractivity contribution in [3.8, 4) is 5.75 Å². The molecule has 0 amide bonds. The van der Waals surface area contributed by atoms with E-state index in [-0.39, 0.29) is 0 Å². The molecule has 1 saturated heterocycles. The first-order valence-electron chi connectivity index (χ1n) is 8.05. The summed E-state index contributed by atoms with van der Waals surface area (Å²) in [6.07, 6.45) is 2.60. The SMILES string of the molecule is COc1ccc(NC(N)=NCC(C(C)C)N2CCCC2)cc1. The fraction of sp³-hybridized carbons (Fsp3) is 0.588. The van der Waals surface area contributed by atoms with E-state index in [4.69, 9.17) is 10.5 Å². The van der Waals surface area contributed by atoms with Gasteiger partial charge in [-0.15, -0.1) is 0 Å². The van der Waals surface area contributed by atoms with Crippen molar-refractivity contribution in [2.45, 2.75) is 32.7 Å². The molecule has 1 aromatic carbocycles. The van der Waals surface area contributed by atoms with Gasteiger partial charge in [0, 0.05) is 11.7 Å². The normalized spacial score (nSPS) is 17.7. The number of nitrogens with zero attached hydrogens (tertiary/aromatic N) is 2. The molecule has 22 heavy (non-hydrogen) atoms. The lowest BCUT2D eigenvalue weighted by molar-refractivity contribution is 0.198. The molecule has 5 heteroatoms. The highest BCUT2D eigenvalue weighted by atomic mass is 16.5. The van der Waals surface area contributed by atoms with E-state index in [1.165, 1.54) is 25.9 Å². The lowest BCUT2D eigenvalue weighted by Gasteiger charge is -2.29. The molecular formula is C17H28N4O. The van der Waals surface area contributed by atoms with Gasteiger partial charge in [-0.1, -0.05) is 13.8 Å². The van der Waals surface area contributed by atoms with Crippen LogP contribution in [-0.4, -0.2) is 43.6 Å². The van der Waals surface area contributed by atoms with E-state index in [1.54, 1.807) is 7.11 Å². The largest absolute Gasteiger partial charge is 0.497 e. The highest BCUT2D eigenvalue weighted by molar-refractivity contribution is 5.92. The number of aliphatic imine (C=N–C) groups is 1. The second-order valence-electron chi connectivity index (χ2n) is 6.13. The van der Waals surface area contributed by atoms with E-state index in [1.807, 2.05) is 24.3 Å². The lowest BCUT2D eigenvalue weighted by atomic mass is 10.0. The van der Waals surface area contributed by atoms with Gasteiger partial charge in [-0.3, -0.25) is 9.89 Å². The van der Waals surface area contributed by atoms with Gasteiger partial charge in [0.15, 0.2) is 5.96 Å². The average Bonchev–Trinajstić information content (AvgIpc) is 3.02. The monoisotopic (exact) mass is 304 g/mol. The fourth-order valence-corrected chi connectivity index (χ4v) is 2.87. The molecule has 1 aromatic rings. The first-order valence-corrected chi connectivity index (χ1v) is 8.05. The summed E-state index contributed by atoms with van der Waals surface area (Å²) in [4.78, 5) is 7.08. The molecule has 3 N–H and O–H groups in total. The van der Waals surface area contributed by atoms with Gasteiger partial charge in [0.1, 0.15) is 5.75 Å². The topological polar surface area (TPSA) is 62.9 Å². The number of methoxy groups -OCH3 is 1. The Kier molecular flexibility index (Phi) is 6.07. The number of anilines is 1. The summed E-state index contributed by atoms with van der Waals surface area (Å²) in [6, 6.07) is 8.13. The highest BCUT2D eigenvalue weighted by Crippen LogP contribution is 2.18. The van der Waals surface area contributed by atoms with Gasteiger partial charge < -0.3 is 15.8 Å². The number of nitrogens with two attached hydrogens (primary N) is 1. The maximum absolute atomic E-state index is 6.01. The van der Waals surface area contributed by atoms with Crippen LogP contribution in [0.25, 0.3) is 0 Å². The third-order valence-corrected chi connectivity index (χ3v) is 4.19. The van der Waals surface area contributed by atoms with Crippen molar-refractivity contribution in [1.29, 1.82) is 0 Å². The number of hydrogen-bond donors (Lipinski definition) is 2. The van der Waals surface area contributed by atoms with Crippen LogP contribution < -0.4 is 15.8 Å². The molecule has 0 radical (unpaired) electrons. The van der Waals surface area contributed by atoms with Crippen molar-refractivity contribution in [2.24, 2.45) is 16.6 Å². The molecule has 1 aliphatic rings. The maximum Gasteiger partial charge on any atom is 0.193 e. The minimum absolute atomic E-state index is 0.468. The third kappa shape index (κ3) is 4.63. The molecule has 0 aliphatic carbocycles. The van der Waals surface area contributed by atoms with E-state index < -0.39 is 0 Å². The zero-order valence-corrected chi connectivity index (χ0v) is 13.9. The zero-order valence-electron chi connectivity index (χ0n) is 13.9. The predicted octanol–water partition coefficient (Wildman–Crippen LogP) is 2.54. The number of benzene rings is 1. The van der Waals surface area contributed by atoms with Crippen molar-refractivity contribution < 1.29 is 4.74 Å². The van der Waals surface area contributed by atoms with E-state index in [0.717, 1.165) is 18.0 Å². The van der Waals surface area contributed by atoms with Crippen LogP contribution in [0.3, 0.4) is 0 Å². The summed E-state index contributed by atoms with van der Waals surface area (Å²) in [5, 5.41) is 3.13. The molecule has 122 valence electrons. The molecule has 5 nitrogen and oxygen atoms in total. The molecular weight excluding hydrogens is 276 g/mol. The van der Waals surface area contributed by atoms with Crippen LogP contribution in [0, 0.1) is 5.92 Å². The Balaban J connectivity index is 1.91. The number of rotatable bonds is 6. The smallest absolute Gasteiger partial charge is 0.193 e. The molecule has 0 spiro atoms. The standard InChI is InChI=1S/C17H28N4O/c1-13(2)16(21-10-4-5-11-21)12-19-17(18)20-14-6-8-15(22-3)9-7-14/h6-9,13,16H,4-5,10-12H2,1-3H3,(H3,18,19,20). The van der Waals surface area contributed by atoms with Crippen LogP contribution >= 0.6 is 0 Å². The van der Waals surface area contributed by atoms with Gasteiger partial charge in [-0.05, 0) is 56.1 Å². The highest BCUT2D eigenvalue weighted by Gasteiger charge is 2.24. The molecule has 2 rings (SSSR count). The van der Waals surface area contributed by atoms with Gasteiger partial charge in [0.25, 0.3) is 0 Å². The fourth-order valence-electron chi connectivity index (χ4n) is 2.87. The first kappa shape index (κ1) is 16.6. The molecule has 1 aliphatic heterocycles. The average molecular weight is 304 g/mol. The third-order valence-electron chi connectivity index (χ3n) is 4.19. The first-order chi connectivity index (χ1) is 10.6. The van der Waals surface area contributed by atoms with Crippen molar-refractivity contribution in [2.75, 3.05) is 32.1 Å². The van der Waals surface area contributed by atoms with Crippen molar-refractivity contribution in [1.82, 2.24) is 4.90 Å². The minimum Gasteiger partial charge on any atom is -0.497 e. The Morgan fingerprint density at radius 2 is 1.91 bits per heavy atom. The second-order valence-corrected chi connectivity index (χ2v) is 6.13. The Morgan fingerprint density at radius 3 is 2.45 bits per heavy atom. The Hall–Kier alpha value is -1.75. The van der Waals surface area contributed by atoms with E-state index in [0.29, 0.717) is 17.9 Å². The maximum atomic E-state index is 6.01. The van der Waals surface area contributed by atoms with Crippen LogP contribution in [0.15, 0.2) is 29.3 Å². The quantitative estimate of drug-likeness (QED) is 0.626. The molecule has 1 atom stereocenters. The van der Waals surface area contributed by atoms with Crippen LogP contribution in [0.5, 0.6) is 5.75 Å². The summed E-state index contributed by atoms with van der Waals surface area (Å²) < 4.78 is 5.14. The molecule has 0 aromatic heterocycles. The van der Waals surface area contributed by atoms with Gasteiger partial charge in [0.05, 0.1) is 13.7 Å². The van der Waals surface area contributed by atoms with Gasteiger partial charge in [0.2, 0.25) is 0 Å². The Labute approximate surface area is 133 Å². The van der Waals surface area contributed by atoms with E-state index in [9.17, 15) is 0 Å². The minimum atomic E-state index is 0.468. The van der Waals surface area contributed by atoms with Crippen molar-refractivity contribution in [3.05, 3.63) is 24.3 Å². The summed E-state index contributed by atoms with van der Waals surface area (Å²) in [5.41, 5.74) is 6.93. The Bertz CT molecular complexity index is 478. The number of guanidine groups is 1. The van der Waals surface area contributed by atoms with E-state index in [2.05, 4.69) is 29.1 Å². The van der Waals surface area contributed by atoms with Crippen molar-refractivity contribution >= 4 is 11.6 Å². The number of ether oxygens (including phenoxy) is 1. The lowest BCUT2D eigenvalue weighted by Crippen LogP contribution is -2.40. The van der Waals surface area contributed by atoms with Crippen LogP contribution in [0.2, 0.25) is 0 Å². The van der Waals surface area contributed by atoms with Gasteiger partial charge in [-0.25, -0.2) is 0 Å². The van der Waals surface area contributed by atoms with Crippen molar-refractivity contribution in [3.63, 3.8) is 0 Å². The molecule has 1 unspecified atom stereocenters. The number of nitrogens with one attached hydrogen (secondary N) is 1. The summed E-state index contributed by atoms with van der Waals surface area (Å²) in [7, 11) is 1.66. The van der Waals surface area contributed by atoms with E-state index >= 15 is 0 Å². The summed E-state index contributed by atoms with van der Waals surface area (Å²) in [5.74, 6) is 1.88.